The number of amides is 1. The average molecular weight is 245 g/mol. The molecule has 18 heavy (non-hydrogen) atoms. The number of carbonyl (C=O) groups is 1. The summed E-state index contributed by atoms with van der Waals surface area (Å²) in [6.07, 6.45) is 3.47. The van der Waals surface area contributed by atoms with E-state index in [1.54, 1.807) is 0 Å². The second kappa shape index (κ2) is 6.03. The molecule has 0 aromatic heterocycles. The number of hydrogen-bond donors (Lipinski definition) is 1. The molecular formula is C16H23NO. The van der Waals surface area contributed by atoms with E-state index in [1.165, 1.54) is 18.4 Å². The Balaban J connectivity index is 1.70. The second-order valence-electron chi connectivity index (χ2n) is 5.52. The van der Waals surface area contributed by atoms with Gasteiger partial charge in [-0.15, -0.1) is 0 Å². The molecule has 2 rings (SSSR count). The van der Waals surface area contributed by atoms with E-state index in [1.807, 2.05) is 13.0 Å². The standard InChI is InChI=1S/C16H23NO/c1-12(14-6-4-3-5-7-14)10-11-17-16(18)13(2)15-8-9-15/h3-7,12-13,15H,8-11H2,1-2H3,(H,17,18). The van der Waals surface area contributed by atoms with Crippen LogP contribution in [0, 0.1) is 11.8 Å². The van der Waals surface area contributed by atoms with Gasteiger partial charge in [0.2, 0.25) is 5.91 Å². The van der Waals surface area contributed by atoms with E-state index in [9.17, 15) is 4.79 Å². The van der Waals surface area contributed by atoms with Crippen LogP contribution in [0.2, 0.25) is 0 Å². The van der Waals surface area contributed by atoms with Gasteiger partial charge in [0, 0.05) is 12.5 Å². The third-order valence-corrected chi connectivity index (χ3v) is 3.99. The number of rotatable bonds is 6. The Morgan fingerprint density at radius 2 is 1.94 bits per heavy atom. The lowest BCUT2D eigenvalue weighted by Gasteiger charge is -2.14. The molecule has 1 fully saturated rings. The molecule has 0 saturated heterocycles. The fraction of sp³-hybridized carbons (Fsp3) is 0.562. The monoisotopic (exact) mass is 245 g/mol. The molecule has 2 unspecified atom stereocenters. The molecule has 1 aromatic carbocycles. The number of benzene rings is 1. The Kier molecular flexibility index (Phi) is 4.40. The number of nitrogens with one attached hydrogen (secondary N) is 1. The lowest BCUT2D eigenvalue weighted by atomic mass is 9.98. The molecule has 1 aliphatic rings. The van der Waals surface area contributed by atoms with Gasteiger partial charge in [0.1, 0.15) is 0 Å². The first-order chi connectivity index (χ1) is 8.68. The Bertz CT molecular complexity index is 383. The first-order valence-electron chi connectivity index (χ1n) is 7.01. The number of carbonyl (C=O) groups excluding carboxylic acids is 1. The predicted molar refractivity (Wildman–Crippen MR) is 74.4 cm³/mol. The molecule has 98 valence electrons. The van der Waals surface area contributed by atoms with Crippen LogP contribution >= 0.6 is 0 Å². The quantitative estimate of drug-likeness (QED) is 0.818. The highest BCUT2D eigenvalue weighted by atomic mass is 16.1. The summed E-state index contributed by atoms with van der Waals surface area (Å²) in [6, 6.07) is 10.5. The first-order valence-corrected chi connectivity index (χ1v) is 7.01. The molecule has 0 spiro atoms. The van der Waals surface area contributed by atoms with Crippen LogP contribution in [-0.2, 0) is 4.79 Å². The minimum atomic E-state index is 0.206. The third-order valence-electron chi connectivity index (χ3n) is 3.99. The van der Waals surface area contributed by atoms with E-state index in [-0.39, 0.29) is 11.8 Å². The van der Waals surface area contributed by atoms with Crippen molar-refractivity contribution in [2.24, 2.45) is 11.8 Å². The van der Waals surface area contributed by atoms with Crippen LogP contribution in [-0.4, -0.2) is 12.5 Å². The van der Waals surface area contributed by atoms with Gasteiger partial charge >= 0.3 is 0 Å². The molecule has 0 bridgehead atoms. The number of hydrogen-bond acceptors (Lipinski definition) is 1. The summed E-state index contributed by atoms with van der Waals surface area (Å²) in [5, 5.41) is 3.07. The van der Waals surface area contributed by atoms with E-state index < -0.39 is 0 Å². The first kappa shape index (κ1) is 13.1. The molecule has 0 aliphatic heterocycles. The van der Waals surface area contributed by atoms with Gasteiger partial charge in [-0.05, 0) is 36.7 Å². The van der Waals surface area contributed by atoms with Gasteiger partial charge < -0.3 is 5.32 Å². The van der Waals surface area contributed by atoms with E-state index in [0.717, 1.165) is 13.0 Å². The molecule has 0 heterocycles. The van der Waals surface area contributed by atoms with E-state index in [4.69, 9.17) is 0 Å². The lowest BCUT2D eigenvalue weighted by molar-refractivity contribution is -0.125. The van der Waals surface area contributed by atoms with Crippen molar-refractivity contribution in [2.75, 3.05) is 6.54 Å². The summed E-state index contributed by atoms with van der Waals surface area (Å²) in [4.78, 5) is 11.8. The van der Waals surface area contributed by atoms with Gasteiger partial charge in [0.15, 0.2) is 0 Å². The highest BCUT2D eigenvalue weighted by molar-refractivity contribution is 5.78. The lowest BCUT2D eigenvalue weighted by Crippen LogP contribution is -2.31. The normalized spacial score (nSPS) is 18.1. The van der Waals surface area contributed by atoms with Crippen molar-refractivity contribution in [3.63, 3.8) is 0 Å². The molecule has 1 N–H and O–H groups in total. The van der Waals surface area contributed by atoms with Gasteiger partial charge in [0.25, 0.3) is 0 Å². The summed E-state index contributed by atoms with van der Waals surface area (Å²) < 4.78 is 0. The molecule has 1 saturated carbocycles. The van der Waals surface area contributed by atoms with E-state index >= 15 is 0 Å². The molecule has 2 nitrogen and oxygen atoms in total. The summed E-state index contributed by atoms with van der Waals surface area (Å²) in [5.41, 5.74) is 1.35. The van der Waals surface area contributed by atoms with E-state index in [2.05, 4.69) is 36.5 Å². The zero-order valence-electron chi connectivity index (χ0n) is 11.4. The predicted octanol–water partition coefficient (Wildman–Crippen LogP) is 3.34. The maximum Gasteiger partial charge on any atom is 0.223 e. The smallest absolute Gasteiger partial charge is 0.223 e. The Morgan fingerprint density at radius 3 is 2.56 bits per heavy atom. The molecule has 0 radical (unpaired) electrons. The maximum absolute atomic E-state index is 11.8. The van der Waals surface area contributed by atoms with Crippen molar-refractivity contribution < 1.29 is 4.79 Å². The van der Waals surface area contributed by atoms with Crippen LogP contribution in [0.3, 0.4) is 0 Å². The summed E-state index contributed by atoms with van der Waals surface area (Å²) in [7, 11) is 0. The van der Waals surface area contributed by atoms with Crippen molar-refractivity contribution in [3.8, 4) is 0 Å². The largest absolute Gasteiger partial charge is 0.356 e. The molecule has 1 aromatic rings. The third kappa shape index (κ3) is 3.59. The topological polar surface area (TPSA) is 29.1 Å². The van der Waals surface area contributed by atoms with Gasteiger partial charge in [-0.25, -0.2) is 0 Å². The van der Waals surface area contributed by atoms with Crippen molar-refractivity contribution in [2.45, 2.75) is 39.0 Å². The van der Waals surface area contributed by atoms with Crippen LogP contribution in [0.1, 0.15) is 44.6 Å². The molecule has 2 atom stereocenters. The minimum absolute atomic E-state index is 0.206. The zero-order valence-corrected chi connectivity index (χ0v) is 11.4. The Morgan fingerprint density at radius 1 is 1.28 bits per heavy atom. The average Bonchev–Trinajstić information content (AvgIpc) is 3.23. The van der Waals surface area contributed by atoms with Crippen LogP contribution in [0.5, 0.6) is 0 Å². The van der Waals surface area contributed by atoms with Gasteiger partial charge in [0.05, 0.1) is 0 Å². The minimum Gasteiger partial charge on any atom is -0.356 e. The van der Waals surface area contributed by atoms with Crippen molar-refractivity contribution in [1.29, 1.82) is 0 Å². The Labute approximate surface area is 110 Å². The summed E-state index contributed by atoms with van der Waals surface area (Å²) in [6.45, 7) is 5.05. The summed E-state index contributed by atoms with van der Waals surface area (Å²) in [5.74, 6) is 1.59. The molecule has 1 amide bonds. The highest BCUT2D eigenvalue weighted by Gasteiger charge is 2.32. The van der Waals surface area contributed by atoms with Crippen molar-refractivity contribution >= 4 is 5.91 Å². The fourth-order valence-corrected chi connectivity index (χ4v) is 2.33. The fourth-order valence-electron chi connectivity index (χ4n) is 2.33. The summed E-state index contributed by atoms with van der Waals surface area (Å²) >= 11 is 0. The van der Waals surface area contributed by atoms with Crippen LogP contribution in [0.15, 0.2) is 30.3 Å². The second-order valence-corrected chi connectivity index (χ2v) is 5.52. The van der Waals surface area contributed by atoms with E-state index in [0.29, 0.717) is 11.8 Å². The Hall–Kier alpha value is -1.31. The molecule has 2 heteroatoms. The van der Waals surface area contributed by atoms with Crippen molar-refractivity contribution in [1.82, 2.24) is 5.32 Å². The van der Waals surface area contributed by atoms with Crippen molar-refractivity contribution in [3.05, 3.63) is 35.9 Å². The van der Waals surface area contributed by atoms with Crippen LogP contribution in [0.25, 0.3) is 0 Å². The van der Waals surface area contributed by atoms with Crippen LogP contribution in [0.4, 0.5) is 0 Å². The van der Waals surface area contributed by atoms with Crippen LogP contribution < -0.4 is 5.32 Å². The van der Waals surface area contributed by atoms with Gasteiger partial charge in [-0.3, -0.25) is 4.79 Å². The SMILES string of the molecule is CC(CCNC(=O)C(C)C1CC1)c1ccccc1. The van der Waals surface area contributed by atoms with Gasteiger partial charge in [-0.1, -0.05) is 44.2 Å². The van der Waals surface area contributed by atoms with Gasteiger partial charge in [-0.2, -0.15) is 0 Å². The maximum atomic E-state index is 11.8. The zero-order chi connectivity index (χ0) is 13.0. The molecule has 1 aliphatic carbocycles. The molecular weight excluding hydrogens is 222 g/mol. The highest BCUT2D eigenvalue weighted by Crippen LogP contribution is 2.36.